The lowest BCUT2D eigenvalue weighted by atomic mass is 9.98. The van der Waals surface area contributed by atoms with Gasteiger partial charge >= 0.3 is 0 Å². The van der Waals surface area contributed by atoms with Crippen molar-refractivity contribution in [3.05, 3.63) is 29.6 Å². The highest BCUT2D eigenvalue weighted by Crippen LogP contribution is 2.34. The van der Waals surface area contributed by atoms with Crippen LogP contribution in [0.15, 0.2) is 18.2 Å². The topological polar surface area (TPSA) is 53.1 Å². The van der Waals surface area contributed by atoms with Crippen LogP contribution >= 0.6 is 0 Å². The number of nitrogens with zero attached hydrogens (tertiary/aromatic N) is 2. The molecule has 0 atom stereocenters. The Morgan fingerprint density at radius 3 is 2.47 bits per heavy atom. The van der Waals surface area contributed by atoms with Crippen molar-refractivity contribution in [2.45, 2.75) is 19.8 Å². The summed E-state index contributed by atoms with van der Waals surface area (Å²) < 4.78 is 20.7. The van der Waals surface area contributed by atoms with Gasteiger partial charge in [0.25, 0.3) is 0 Å². The predicted octanol–water partition coefficient (Wildman–Crippen LogP) is 2.94. The van der Waals surface area contributed by atoms with Crippen molar-refractivity contribution < 1.29 is 9.13 Å². The molecule has 19 heavy (non-hydrogen) atoms. The molecule has 2 aromatic rings. The number of halogens is 1. The second kappa shape index (κ2) is 4.91. The molecule has 0 amide bonds. The highest BCUT2D eigenvalue weighted by atomic mass is 19.1. The molecule has 0 bridgehead atoms. The maximum atomic E-state index is 13.9. The number of hydrogen-bond donors (Lipinski definition) is 1. The number of anilines is 1. The van der Waals surface area contributed by atoms with E-state index in [4.69, 9.17) is 10.5 Å². The fraction of sp³-hybridized carbons (Fsp3) is 0.357. The fourth-order valence-corrected chi connectivity index (χ4v) is 2.00. The van der Waals surface area contributed by atoms with E-state index < -0.39 is 0 Å². The van der Waals surface area contributed by atoms with Crippen molar-refractivity contribution in [1.82, 2.24) is 9.78 Å². The first kappa shape index (κ1) is 13.4. The van der Waals surface area contributed by atoms with Crippen molar-refractivity contribution in [3.8, 4) is 17.0 Å². The first-order valence-electron chi connectivity index (χ1n) is 6.11. The normalized spacial score (nSPS) is 11.1. The number of rotatable bonds is 3. The minimum atomic E-state index is -0.264. The van der Waals surface area contributed by atoms with E-state index in [0.717, 1.165) is 5.56 Å². The van der Waals surface area contributed by atoms with E-state index in [1.807, 2.05) is 13.8 Å². The van der Waals surface area contributed by atoms with Crippen LogP contribution in [-0.2, 0) is 7.05 Å². The van der Waals surface area contributed by atoms with E-state index in [0.29, 0.717) is 22.8 Å². The first-order valence-corrected chi connectivity index (χ1v) is 6.11. The van der Waals surface area contributed by atoms with Crippen molar-refractivity contribution >= 4 is 5.82 Å². The number of methoxy groups -OCH3 is 1. The Balaban J connectivity index is 2.63. The lowest BCUT2D eigenvalue weighted by molar-refractivity contribution is 0.412. The molecule has 0 saturated heterocycles. The Labute approximate surface area is 112 Å². The van der Waals surface area contributed by atoms with Gasteiger partial charge in [0.2, 0.25) is 0 Å². The highest BCUT2D eigenvalue weighted by Gasteiger charge is 2.16. The third-order valence-electron chi connectivity index (χ3n) is 3.13. The molecular formula is C14H18FN3O. The summed E-state index contributed by atoms with van der Waals surface area (Å²) in [5, 5.41) is 4.31. The molecule has 0 radical (unpaired) electrons. The van der Waals surface area contributed by atoms with E-state index in [-0.39, 0.29) is 11.7 Å². The summed E-state index contributed by atoms with van der Waals surface area (Å²) in [5.74, 6) is 0.831. The zero-order valence-electron chi connectivity index (χ0n) is 11.6. The number of hydrogen-bond acceptors (Lipinski definition) is 3. The van der Waals surface area contributed by atoms with Crippen molar-refractivity contribution in [2.75, 3.05) is 12.8 Å². The SMILES string of the molecule is COc1cc(F)c(C(C)C)cc1-c1cc(N)n(C)n1. The standard InChI is InChI=1S/C14H18FN3O/c1-8(2)9-5-10(13(19-4)6-11(9)15)12-7-14(16)18(3)17-12/h5-8H,16H2,1-4H3. The van der Waals surface area contributed by atoms with Crippen LogP contribution < -0.4 is 10.5 Å². The zero-order chi connectivity index (χ0) is 14.2. The van der Waals surface area contributed by atoms with Crippen molar-refractivity contribution in [3.63, 3.8) is 0 Å². The van der Waals surface area contributed by atoms with Crippen LogP contribution in [0.5, 0.6) is 5.75 Å². The molecule has 2 N–H and O–H groups in total. The minimum Gasteiger partial charge on any atom is -0.496 e. The predicted molar refractivity (Wildman–Crippen MR) is 73.7 cm³/mol. The molecule has 0 spiro atoms. The van der Waals surface area contributed by atoms with E-state index in [2.05, 4.69) is 5.10 Å². The molecule has 2 rings (SSSR count). The third-order valence-corrected chi connectivity index (χ3v) is 3.13. The molecule has 5 heteroatoms. The summed E-state index contributed by atoms with van der Waals surface area (Å²) in [4.78, 5) is 0. The fourth-order valence-electron chi connectivity index (χ4n) is 2.00. The summed E-state index contributed by atoms with van der Waals surface area (Å²) in [7, 11) is 3.28. The number of benzene rings is 1. The second-order valence-corrected chi connectivity index (χ2v) is 4.81. The van der Waals surface area contributed by atoms with Gasteiger partial charge in [0.05, 0.1) is 12.8 Å². The molecule has 0 aliphatic carbocycles. The number of nitrogens with two attached hydrogens (primary N) is 1. The van der Waals surface area contributed by atoms with Gasteiger partial charge in [-0.05, 0) is 17.5 Å². The lowest BCUT2D eigenvalue weighted by Crippen LogP contribution is -1.98. The Hall–Kier alpha value is -2.04. The smallest absolute Gasteiger partial charge is 0.131 e. The Bertz CT molecular complexity index is 585. The summed E-state index contributed by atoms with van der Waals surface area (Å²) in [6, 6.07) is 4.93. The van der Waals surface area contributed by atoms with Gasteiger partial charge in [-0.25, -0.2) is 4.39 Å². The molecule has 0 unspecified atom stereocenters. The molecule has 1 heterocycles. The number of aryl methyl sites for hydroxylation is 1. The van der Waals surface area contributed by atoms with E-state index in [1.165, 1.54) is 13.2 Å². The molecular weight excluding hydrogens is 245 g/mol. The first-order chi connectivity index (χ1) is 8.93. The summed E-state index contributed by atoms with van der Waals surface area (Å²) in [6.07, 6.45) is 0. The van der Waals surface area contributed by atoms with E-state index in [9.17, 15) is 4.39 Å². The maximum absolute atomic E-state index is 13.9. The van der Waals surface area contributed by atoms with Gasteiger partial charge in [0.15, 0.2) is 0 Å². The molecule has 1 aromatic carbocycles. The van der Waals surface area contributed by atoms with Crippen LogP contribution in [-0.4, -0.2) is 16.9 Å². The molecule has 4 nitrogen and oxygen atoms in total. The quantitative estimate of drug-likeness (QED) is 0.926. The number of nitrogen functional groups attached to an aromatic ring is 1. The highest BCUT2D eigenvalue weighted by molar-refractivity contribution is 5.70. The van der Waals surface area contributed by atoms with E-state index in [1.54, 1.807) is 23.9 Å². The molecule has 0 aliphatic rings. The van der Waals surface area contributed by atoms with Gasteiger partial charge < -0.3 is 10.5 Å². The van der Waals surface area contributed by atoms with Crippen LogP contribution in [0.2, 0.25) is 0 Å². The van der Waals surface area contributed by atoms with Gasteiger partial charge in [0.1, 0.15) is 17.4 Å². The van der Waals surface area contributed by atoms with Crippen molar-refractivity contribution in [2.24, 2.45) is 7.05 Å². The summed E-state index contributed by atoms with van der Waals surface area (Å²) in [5.41, 5.74) is 7.85. The maximum Gasteiger partial charge on any atom is 0.131 e. The van der Waals surface area contributed by atoms with Gasteiger partial charge in [-0.2, -0.15) is 5.10 Å². The molecule has 0 aliphatic heterocycles. The minimum absolute atomic E-state index is 0.0886. The molecule has 0 fully saturated rings. The van der Waals surface area contributed by atoms with Gasteiger partial charge in [-0.1, -0.05) is 13.8 Å². The van der Waals surface area contributed by atoms with Crippen LogP contribution in [0.25, 0.3) is 11.3 Å². The number of aromatic nitrogens is 2. The summed E-state index contributed by atoms with van der Waals surface area (Å²) >= 11 is 0. The van der Waals surface area contributed by atoms with Gasteiger partial charge in [-0.15, -0.1) is 0 Å². The Kier molecular flexibility index (Phi) is 3.46. The average molecular weight is 263 g/mol. The van der Waals surface area contributed by atoms with Gasteiger partial charge in [0, 0.05) is 24.7 Å². The molecule has 102 valence electrons. The third kappa shape index (κ3) is 2.41. The lowest BCUT2D eigenvalue weighted by Gasteiger charge is -2.12. The van der Waals surface area contributed by atoms with Crippen LogP contribution in [0.1, 0.15) is 25.3 Å². The van der Waals surface area contributed by atoms with Crippen LogP contribution in [0, 0.1) is 5.82 Å². The molecule has 0 saturated carbocycles. The van der Waals surface area contributed by atoms with Gasteiger partial charge in [-0.3, -0.25) is 4.68 Å². The zero-order valence-corrected chi connectivity index (χ0v) is 11.6. The van der Waals surface area contributed by atoms with E-state index >= 15 is 0 Å². The summed E-state index contributed by atoms with van der Waals surface area (Å²) in [6.45, 7) is 3.89. The monoisotopic (exact) mass is 263 g/mol. The largest absolute Gasteiger partial charge is 0.496 e. The number of ether oxygens (including phenoxy) is 1. The van der Waals surface area contributed by atoms with Crippen molar-refractivity contribution in [1.29, 1.82) is 0 Å². The van der Waals surface area contributed by atoms with Crippen LogP contribution in [0.3, 0.4) is 0 Å². The average Bonchev–Trinajstić information content (AvgIpc) is 2.68. The second-order valence-electron chi connectivity index (χ2n) is 4.81. The Morgan fingerprint density at radius 1 is 1.32 bits per heavy atom. The molecule has 1 aromatic heterocycles. The Morgan fingerprint density at radius 2 is 2.00 bits per heavy atom. The van der Waals surface area contributed by atoms with Crippen LogP contribution in [0.4, 0.5) is 10.2 Å².